The fraction of sp³-hybridized carbons (Fsp3) is 0.464. The molecular formula is C28H33FN8O4S. The summed E-state index contributed by atoms with van der Waals surface area (Å²) in [5, 5.41) is 14.2. The van der Waals surface area contributed by atoms with Crippen LogP contribution in [0.15, 0.2) is 12.1 Å². The van der Waals surface area contributed by atoms with Crippen LogP contribution in [0.3, 0.4) is 0 Å². The van der Waals surface area contributed by atoms with Gasteiger partial charge in [-0.1, -0.05) is 6.92 Å². The van der Waals surface area contributed by atoms with E-state index < -0.39 is 23.5 Å². The van der Waals surface area contributed by atoms with Gasteiger partial charge in [0.05, 0.1) is 16.6 Å². The average molecular weight is 597 g/mol. The summed E-state index contributed by atoms with van der Waals surface area (Å²) in [5.41, 5.74) is 6.83. The van der Waals surface area contributed by atoms with E-state index in [1.54, 1.807) is 20.8 Å². The summed E-state index contributed by atoms with van der Waals surface area (Å²) in [6.45, 7) is 7.86. The summed E-state index contributed by atoms with van der Waals surface area (Å²) < 4.78 is 20.7. The SMILES string of the molecule is CCc1sc(Nc2nc(N3CC4CC3CC4N)c3c(n2)[nH]c2c(N(C)C(=O)OC(C)(C)C)cc(F)cc23)nc1C(=O)O. The highest BCUT2D eigenvalue weighted by Crippen LogP contribution is 2.44. The second-order valence-electron chi connectivity index (χ2n) is 11.9. The van der Waals surface area contributed by atoms with Crippen LogP contribution < -0.4 is 20.9 Å². The number of piperidine rings is 1. The van der Waals surface area contributed by atoms with E-state index in [1.165, 1.54) is 35.4 Å². The van der Waals surface area contributed by atoms with Gasteiger partial charge >= 0.3 is 12.1 Å². The summed E-state index contributed by atoms with van der Waals surface area (Å²) in [4.78, 5) is 45.8. The van der Waals surface area contributed by atoms with Gasteiger partial charge in [-0.25, -0.2) is 19.0 Å². The number of halogens is 1. The third-order valence-electron chi connectivity index (χ3n) is 7.82. The van der Waals surface area contributed by atoms with Gasteiger partial charge in [-0.05, 0) is 58.1 Å². The number of H-pyrrole nitrogens is 1. The number of carbonyl (C=O) groups excluding carboxylic acids is 1. The monoisotopic (exact) mass is 596 g/mol. The molecule has 4 heterocycles. The number of fused-ring (bicyclic) bond motifs is 5. The molecule has 4 aromatic rings. The van der Waals surface area contributed by atoms with Crippen LogP contribution in [0.5, 0.6) is 0 Å². The fourth-order valence-electron chi connectivity index (χ4n) is 5.94. The quantitative estimate of drug-likeness (QED) is 0.238. The van der Waals surface area contributed by atoms with Crippen molar-refractivity contribution in [2.75, 3.05) is 28.7 Å². The largest absolute Gasteiger partial charge is 0.476 e. The minimum absolute atomic E-state index is 0.00643. The number of nitrogens with zero attached hydrogens (tertiary/aromatic N) is 5. The van der Waals surface area contributed by atoms with Crippen molar-refractivity contribution in [3.05, 3.63) is 28.5 Å². The Morgan fingerprint density at radius 1 is 1.29 bits per heavy atom. The van der Waals surface area contributed by atoms with E-state index >= 15 is 4.39 Å². The highest BCUT2D eigenvalue weighted by Gasteiger charge is 2.44. The van der Waals surface area contributed by atoms with Crippen molar-refractivity contribution < 1.29 is 23.8 Å². The number of hydrogen-bond donors (Lipinski definition) is 4. The molecule has 2 aliphatic rings. The third kappa shape index (κ3) is 4.87. The highest BCUT2D eigenvalue weighted by atomic mass is 32.1. The maximum absolute atomic E-state index is 15.1. The molecule has 1 aromatic carbocycles. The maximum atomic E-state index is 15.1. The van der Waals surface area contributed by atoms with E-state index in [0.717, 1.165) is 12.8 Å². The molecule has 1 aliphatic heterocycles. The normalized spacial score (nSPS) is 20.1. The Kier molecular flexibility index (Phi) is 6.72. The van der Waals surface area contributed by atoms with Gasteiger partial charge in [0.25, 0.3) is 0 Å². The van der Waals surface area contributed by atoms with Crippen LogP contribution >= 0.6 is 11.3 Å². The number of ether oxygens (including phenoxy) is 1. The van der Waals surface area contributed by atoms with E-state index in [2.05, 4.69) is 20.2 Å². The first-order chi connectivity index (χ1) is 19.8. The number of carboxylic acids is 1. The van der Waals surface area contributed by atoms with Crippen LogP contribution in [-0.2, 0) is 11.2 Å². The van der Waals surface area contributed by atoms with Crippen molar-refractivity contribution in [3.63, 3.8) is 0 Å². The predicted octanol–water partition coefficient (Wildman–Crippen LogP) is 5.01. The lowest BCUT2D eigenvalue weighted by molar-refractivity contribution is 0.0588. The summed E-state index contributed by atoms with van der Waals surface area (Å²) in [6, 6.07) is 2.98. The number of carbonyl (C=O) groups is 2. The van der Waals surface area contributed by atoms with E-state index in [0.29, 0.717) is 62.3 Å². The van der Waals surface area contributed by atoms with Crippen LogP contribution in [0.2, 0.25) is 0 Å². The van der Waals surface area contributed by atoms with Gasteiger partial charge in [-0.3, -0.25) is 10.2 Å². The molecule has 6 rings (SSSR count). The van der Waals surface area contributed by atoms with Crippen LogP contribution in [0, 0.1) is 11.7 Å². The minimum atomic E-state index is -1.10. The zero-order valence-corrected chi connectivity index (χ0v) is 24.8. The second kappa shape index (κ2) is 10.1. The zero-order valence-electron chi connectivity index (χ0n) is 24.0. The van der Waals surface area contributed by atoms with Gasteiger partial charge in [0.15, 0.2) is 10.8 Å². The van der Waals surface area contributed by atoms with Crippen LogP contribution in [0.25, 0.3) is 21.9 Å². The Balaban J connectivity index is 1.51. The minimum Gasteiger partial charge on any atom is -0.476 e. The molecule has 12 nitrogen and oxygen atoms in total. The molecule has 1 amide bonds. The summed E-state index contributed by atoms with van der Waals surface area (Å²) in [5.74, 6) is -0.487. The first-order valence-corrected chi connectivity index (χ1v) is 14.7. The van der Waals surface area contributed by atoms with E-state index in [1.807, 2.05) is 6.92 Å². The molecule has 2 bridgehead atoms. The Bertz CT molecular complexity index is 1730. The first kappa shape index (κ1) is 28.1. The Labute approximate surface area is 245 Å². The highest BCUT2D eigenvalue weighted by molar-refractivity contribution is 7.16. The molecule has 0 spiro atoms. The molecular weight excluding hydrogens is 563 g/mol. The number of thiazole rings is 1. The molecule has 2 fully saturated rings. The average Bonchev–Trinajstić information content (AvgIpc) is 3.67. The van der Waals surface area contributed by atoms with Gasteiger partial charge in [0.1, 0.15) is 22.9 Å². The van der Waals surface area contributed by atoms with E-state index in [9.17, 15) is 14.7 Å². The van der Waals surface area contributed by atoms with E-state index in [4.69, 9.17) is 20.4 Å². The molecule has 222 valence electrons. The van der Waals surface area contributed by atoms with Crippen molar-refractivity contribution >= 4 is 67.9 Å². The number of aromatic amines is 1. The zero-order chi connectivity index (χ0) is 30.1. The lowest BCUT2D eigenvalue weighted by Crippen LogP contribution is -2.41. The second-order valence-corrected chi connectivity index (χ2v) is 13.0. The van der Waals surface area contributed by atoms with Crippen molar-refractivity contribution in [1.29, 1.82) is 0 Å². The molecule has 1 aliphatic carbocycles. The molecule has 0 radical (unpaired) electrons. The van der Waals surface area contributed by atoms with Gasteiger partial charge in [-0.2, -0.15) is 9.97 Å². The number of aryl methyl sites for hydroxylation is 1. The molecule has 3 aromatic heterocycles. The van der Waals surface area contributed by atoms with Gasteiger partial charge < -0.3 is 25.5 Å². The molecule has 1 saturated carbocycles. The lowest BCUT2D eigenvalue weighted by atomic mass is 10.0. The molecule has 1 saturated heterocycles. The number of aromatic nitrogens is 4. The Hall–Kier alpha value is -4.04. The predicted molar refractivity (Wildman–Crippen MR) is 160 cm³/mol. The number of hydrogen-bond acceptors (Lipinski definition) is 10. The van der Waals surface area contributed by atoms with Gasteiger partial charge in [0, 0.05) is 35.9 Å². The molecule has 3 unspecified atom stereocenters. The standard InChI is InChI=1S/C28H33FN8O4S/c1-6-18-21(24(38)39)32-26(42-18)35-25-33-22-19(23(34-25)37-11-12-7-14(37)10-16(12)30)15-8-13(29)9-17(20(15)31-22)36(5)27(40)41-28(2,3)4/h8-9,12,14,16H,6-7,10-11,30H2,1-5H3,(H,38,39)(H2,31,32,33,34,35). The third-order valence-corrected chi connectivity index (χ3v) is 8.94. The topological polar surface area (TPSA) is 163 Å². The first-order valence-electron chi connectivity index (χ1n) is 13.8. The van der Waals surface area contributed by atoms with Crippen molar-refractivity contribution in [2.24, 2.45) is 11.7 Å². The Morgan fingerprint density at radius 3 is 2.64 bits per heavy atom. The number of aromatic carboxylic acids is 1. The van der Waals surface area contributed by atoms with Crippen LogP contribution in [0.4, 0.5) is 31.8 Å². The summed E-state index contributed by atoms with van der Waals surface area (Å²) in [7, 11) is 1.53. The molecule has 42 heavy (non-hydrogen) atoms. The number of amides is 1. The number of carboxylic acid groups (broad SMARTS) is 1. The van der Waals surface area contributed by atoms with Crippen molar-refractivity contribution in [2.45, 2.75) is 64.6 Å². The lowest BCUT2D eigenvalue weighted by Gasteiger charge is -2.31. The fourth-order valence-corrected chi connectivity index (χ4v) is 6.83. The van der Waals surface area contributed by atoms with Crippen molar-refractivity contribution in [1.82, 2.24) is 19.9 Å². The van der Waals surface area contributed by atoms with Gasteiger partial charge in [0.2, 0.25) is 5.95 Å². The molecule has 5 N–H and O–H groups in total. The number of rotatable bonds is 6. The van der Waals surface area contributed by atoms with Gasteiger partial charge in [-0.15, -0.1) is 11.3 Å². The van der Waals surface area contributed by atoms with Crippen LogP contribution in [-0.4, -0.2) is 68.4 Å². The number of nitrogens with one attached hydrogen (secondary N) is 2. The number of anilines is 4. The maximum Gasteiger partial charge on any atom is 0.414 e. The molecule has 14 heteroatoms. The van der Waals surface area contributed by atoms with E-state index in [-0.39, 0.29) is 23.7 Å². The van der Waals surface area contributed by atoms with Crippen LogP contribution in [0.1, 0.15) is 55.9 Å². The Morgan fingerprint density at radius 2 is 2.05 bits per heavy atom. The smallest absolute Gasteiger partial charge is 0.414 e. The number of benzene rings is 1. The number of nitrogens with two attached hydrogens (primary N) is 1. The summed E-state index contributed by atoms with van der Waals surface area (Å²) >= 11 is 1.23. The van der Waals surface area contributed by atoms with Crippen molar-refractivity contribution in [3.8, 4) is 0 Å². The molecule has 3 atom stereocenters. The summed E-state index contributed by atoms with van der Waals surface area (Å²) in [6.07, 6.45) is 1.64.